The van der Waals surface area contributed by atoms with Crippen LogP contribution in [0.25, 0.3) is 0 Å². The second-order valence-corrected chi connectivity index (χ2v) is 7.28. The summed E-state index contributed by atoms with van der Waals surface area (Å²) in [6, 6.07) is 1.84. The molecule has 1 unspecified atom stereocenters. The molecule has 1 fully saturated rings. The molecule has 1 aromatic rings. The monoisotopic (exact) mass is 298 g/mol. The molecule has 0 saturated carbocycles. The van der Waals surface area contributed by atoms with Gasteiger partial charge in [-0.2, -0.15) is 4.98 Å². The fourth-order valence-corrected chi connectivity index (χ4v) is 4.24. The van der Waals surface area contributed by atoms with Gasteiger partial charge < -0.3 is 9.80 Å². The average Bonchev–Trinajstić information content (AvgIpc) is 2.80. The van der Waals surface area contributed by atoms with Crippen molar-refractivity contribution in [1.82, 2.24) is 9.97 Å². The van der Waals surface area contributed by atoms with Crippen molar-refractivity contribution in [3.05, 3.63) is 12.3 Å². The van der Waals surface area contributed by atoms with Gasteiger partial charge in [0.2, 0.25) is 5.95 Å². The first kappa shape index (κ1) is 15.0. The van der Waals surface area contributed by atoms with E-state index in [-0.39, 0.29) is 17.5 Å². The van der Waals surface area contributed by atoms with Crippen molar-refractivity contribution >= 4 is 21.6 Å². The molecule has 1 aromatic heterocycles. The van der Waals surface area contributed by atoms with Crippen molar-refractivity contribution in [3.8, 4) is 0 Å². The Morgan fingerprint density at radius 3 is 2.60 bits per heavy atom. The standard InChI is InChI=1S/C13H22N4O2S/c1-4-17(5-2)13-14-8-6-12(15-13)16(3)11-7-9-20(18,19)10-11/h6,8,11H,4-5,7,9-10H2,1-3H3. The van der Waals surface area contributed by atoms with Crippen molar-refractivity contribution in [1.29, 1.82) is 0 Å². The molecule has 1 saturated heterocycles. The first-order valence-electron chi connectivity index (χ1n) is 6.98. The fourth-order valence-electron chi connectivity index (χ4n) is 2.46. The smallest absolute Gasteiger partial charge is 0.227 e. The Kier molecular flexibility index (Phi) is 4.47. The molecule has 112 valence electrons. The highest BCUT2D eigenvalue weighted by atomic mass is 32.2. The second-order valence-electron chi connectivity index (χ2n) is 5.05. The van der Waals surface area contributed by atoms with Gasteiger partial charge in [0, 0.05) is 32.4 Å². The van der Waals surface area contributed by atoms with E-state index in [1.165, 1.54) is 0 Å². The van der Waals surface area contributed by atoms with E-state index in [1.807, 2.05) is 18.0 Å². The van der Waals surface area contributed by atoms with Crippen molar-refractivity contribution < 1.29 is 8.42 Å². The van der Waals surface area contributed by atoms with Crippen molar-refractivity contribution in [3.63, 3.8) is 0 Å². The molecule has 7 heteroatoms. The van der Waals surface area contributed by atoms with Crippen LogP contribution >= 0.6 is 0 Å². The molecule has 1 aliphatic heterocycles. The summed E-state index contributed by atoms with van der Waals surface area (Å²) >= 11 is 0. The molecule has 0 N–H and O–H groups in total. The summed E-state index contributed by atoms with van der Waals surface area (Å²) in [4.78, 5) is 12.9. The summed E-state index contributed by atoms with van der Waals surface area (Å²) in [6.45, 7) is 5.82. The first-order chi connectivity index (χ1) is 9.46. The third-order valence-electron chi connectivity index (χ3n) is 3.79. The molecule has 6 nitrogen and oxygen atoms in total. The van der Waals surface area contributed by atoms with Crippen molar-refractivity contribution in [2.75, 3.05) is 41.4 Å². The predicted octanol–water partition coefficient (Wildman–Crippen LogP) is 0.946. The van der Waals surface area contributed by atoms with Crippen LogP contribution in [0.1, 0.15) is 20.3 Å². The van der Waals surface area contributed by atoms with Crippen LogP contribution in [0.5, 0.6) is 0 Å². The molecule has 2 rings (SSSR count). The molecule has 0 spiro atoms. The Hall–Kier alpha value is -1.37. The molecule has 0 aromatic carbocycles. The number of sulfone groups is 1. The number of rotatable bonds is 5. The summed E-state index contributed by atoms with van der Waals surface area (Å²) < 4.78 is 23.2. The molecule has 0 radical (unpaired) electrons. The van der Waals surface area contributed by atoms with Gasteiger partial charge in [-0.25, -0.2) is 13.4 Å². The number of anilines is 2. The Morgan fingerprint density at radius 2 is 2.05 bits per heavy atom. The van der Waals surface area contributed by atoms with Gasteiger partial charge in [-0.1, -0.05) is 0 Å². The molecular weight excluding hydrogens is 276 g/mol. The number of nitrogens with zero attached hydrogens (tertiary/aromatic N) is 4. The molecule has 0 aliphatic carbocycles. The highest BCUT2D eigenvalue weighted by Gasteiger charge is 2.31. The third-order valence-corrected chi connectivity index (χ3v) is 5.54. The SMILES string of the molecule is CCN(CC)c1nccc(N(C)C2CCS(=O)(=O)C2)n1. The quantitative estimate of drug-likeness (QED) is 0.806. The third kappa shape index (κ3) is 3.20. The highest BCUT2D eigenvalue weighted by Crippen LogP contribution is 2.22. The fraction of sp³-hybridized carbons (Fsp3) is 0.692. The Labute approximate surface area is 120 Å². The van der Waals surface area contributed by atoms with E-state index in [2.05, 4.69) is 28.7 Å². The van der Waals surface area contributed by atoms with Crippen LogP contribution in [0.4, 0.5) is 11.8 Å². The summed E-state index contributed by atoms with van der Waals surface area (Å²) in [5.74, 6) is 1.97. The van der Waals surface area contributed by atoms with Gasteiger partial charge in [-0.15, -0.1) is 0 Å². The maximum Gasteiger partial charge on any atom is 0.227 e. The zero-order valence-electron chi connectivity index (χ0n) is 12.3. The van der Waals surface area contributed by atoms with Gasteiger partial charge in [-0.3, -0.25) is 0 Å². The van der Waals surface area contributed by atoms with Crippen molar-refractivity contribution in [2.24, 2.45) is 0 Å². The van der Waals surface area contributed by atoms with E-state index in [0.717, 1.165) is 18.9 Å². The number of hydrogen-bond donors (Lipinski definition) is 0. The minimum atomic E-state index is -2.88. The van der Waals surface area contributed by atoms with Crippen LogP contribution in [0.15, 0.2) is 12.3 Å². The second kappa shape index (κ2) is 5.95. The Morgan fingerprint density at radius 1 is 1.35 bits per heavy atom. The normalized spacial score (nSPS) is 20.9. The maximum atomic E-state index is 11.6. The average molecular weight is 298 g/mol. The minimum Gasteiger partial charge on any atom is -0.355 e. The van der Waals surface area contributed by atoms with E-state index in [0.29, 0.717) is 12.4 Å². The van der Waals surface area contributed by atoms with Crippen LogP contribution in [-0.4, -0.2) is 56.1 Å². The summed E-state index contributed by atoms with van der Waals surface area (Å²) in [5.41, 5.74) is 0. The van der Waals surface area contributed by atoms with Crippen LogP contribution in [0, 0.1) is 0 Å². The molecular formula is C13H22N4O2S. The molecule has 0 amide bonds. The lowest BCUT2D eigenvalue weighted by Crippen LogP contribution is -2.34. The molecule has 0 bridgehead atoms. The lowest BCUT2D eigenvalue weighted by molar-refractivity contribution is 0.600. The van der Waals surface area contributed by atoms with E-state index >= 15 is 0 Å². The Bertz CT molecular complexity index is 557. The molecule has 2 heterocycles. The van der Waals surface area contributed by atoms with Crippen molar-refractivity contribution in [2.45, 2.75) is 26.3 Å². The zero-order chi connectivity index (χ0) is 14.8. The largest absolute Gasteiger partial charge is 0.355 e. The van der Waals surface area contributed by atoms with Crippen LogP contribution < -0.4 is 9.80 Å². The van der Waals surface area contributed by atoms with Gasteiger partial charge in [0.25, 0.3) is 0 Å². The van der Waals surface area contributed by atoms with Crippen LogP contribution in [0.3, 0.4) is 0 Å². The van der Waals surface area contributed by atoms with Gasteiger partial charge in [-0.05, 0) is 26.3 Å². The summed E-state index contributed by atoms with van der Waals surface area (Å²) in [5, 5.41) is 0. The minimum absolute atomic E-state index is 0.0134. The van der Waals surface area contributed by atoms with Crippen LogP contribution in [0.2, 0.25) is 0 Å². The number of hydrogen-bond acceptors (Lipinski definition) is 6. The topological polar surface area (TPSA) is 66.4 Å². The summed E-state index contributed by atoms with van der Waals surface area (Å²) in [6.07, 6.45) is 2.40. The molecule has 20 heavy (non-hydrogen) atoms. The van der Waals surface area contributed by atoms with Crippen LogP contribution in [-0.2, 0) is 9.84 Å². The zero-order valence-corrected chi connectivity index (χ0v) is 13.1. The number of aromatic nitrogens is 2. The van der Waals surface area contributed by atoms with Gasteiger partial charge in [0.15, 0.2) is 9.84 Å². The lowest BCUT2D eigenvalue weighted by atomic mass is 10.2. The summed E-state index contributed by atoms with van der Waals surface area (Å²) in [7, 11) is -0.977. The molecule has 1 atom stereocenters. The van der Waals surface area contributed by atoms with E-state index < -0.39 is 9.84 Å². The predicted molar refractivity (Wildman–Crippen MR) is 81.1 cm³/mol. The maximum absolute atomic E-state index is 11.6. The van der Waals surface area contributed by atoms with E-state index in [1.54, 1.807) is 6.20 Å². The highest BCUT2D eigenvalue weighted by molar-refractivity contribution is 7.91. The van der Waals surface area contributed by atoms with Gasteiger partial charge >= 0.3 is 0 Å². The van der Waals surface area contributed by atoms with Gasteiger partial charge in [0.05, 0.1) is 11.5 Å². The van der Waals surface area contributed by atoms with E-state index in [9.17, 15) is 8.42 Å². The lowest BCUT2D eigenvalue weighted by Gasteiger charge is -2.26. The Balaban J connectivity index is 2.18. The first-order valence-corrected chi connectivity index (χ1v) is 8.80. The van der Waals surface area contributed by atoms with Gasteiger partial charge in [0.1, 0.15) is 5.82 Å². The van der Waals surface area contributed by atoms with E-state index in [4.69, 9.17) is 0 Å². The molecule has 1 aliphatic rings.